The summed E-state index contributed by atoms with van der Waals surface area (Å²) >= 11 is 6.14. The van der Waals surface area contributed by atoms with Gasteiger partial charge in [0.2, 0.25) is 5.75 Å². The zero-order chi connectivity index (χ0) is 25.8. The third kappa shape index (κ3) is 5.23. The van der Waals surface area contributed by atoms with Crippen LogP contribution in [0.3, 0.4) is 0 Å². The molecule has 10 nitrogen and oxygen atoms in total. The lowest BCUT2D eigenvalue weighted by molar-refractivity contribution is -0.386. The number of ether oxygens (including phenoxy) is 2. The summed E-state index contributed by atoms with van der Waals surface area (Å²) in [5, 5.41) is 16.6. The van der Waals surface area contributed by atoms with Crippen LogP contribution in [-0.4, -0.2) is 40.0 Å². The predicted molar refractivity (Wildman–Crippen MR) is 135 cm³/mol. The summed E-state index contributed by atoms with van der Waals surface area (Å²) < 4.78 is 11.5. The fourth-order valence-electron chi connectivity index (χ4n) is 4.35. The largest absolute Gasteiger partial charge is 0.471 e. The van der Waals surface area contributed by atoms with Gasteiger partial charge >= 0.3 is 11.7 Å². The maximum Gasteiger partial charge on any atom is 0.346 e. The van der Waals surface area contributed by atoms with Crippen molar-refractivity contribution in [3.8, 4) is 5.75 Å². The molecule has 1 atom stereocenters. The molecule has 0 amide bonds. The first-order valence-corrected chi connectivity index (χ1v) is 12.0. The van der Waals surface area contributed by atoms with Gasteiger partial charge in [-0.3, -0.25) is 14.9 Å². The topological polar surface area (TPSA) is 126 Å². The standard InChI is InChI=1S/C25H25ClN4O6/c1-15(25(32)35-2)36-22-17(12-18(26)13-21(22)30(33)34)14-27-29-23(16-8-4-3-5-9-16)28-20-11-7-6-10-19(20)24(29)31/h6-7,10-16H,3-5,8-9H2,1-2H3/t15-/m0/s1. The summed E-state index contributed by atoms with van der Waals surface area (Å²) in [4.78, 5) is 41.2. The number of halogens is 1. The molecular formula is C25H25ClN4O6. The van der Waals surface area contributed by atoms with Gasteiger partial charge < -0.3 is 9.47 Å². The number of hydrogen-bond donors (Lipinski definition) is 0. The Morgan fingerprint density at radius 2 is 2.00 bits per heavy atom. The normalized spacial score (nSPS) is 15.2. The number of para-hydroxylation sites is 1. The Morgan fingerprint density at radius 3 is 2.69 bits per heavy atom. The van der Waals surface area contributed by atoms with E-state index in [1.165, 1.54) is 31.0 Å². The monoisotopic (exact) mass is 512 g/mol. The van der Waals surface area contributed by atoms with Crippen LogP contribution in [0, 0.1) is 10.1 Å². The second kappa shape index (κ2) is 10.9. The van der Waals surface area contributed by atoms with Crippen molar-refractivity contribution in [1.29, 1.82) is 0 Å². The number of nitro benzene ring substituents is 1. The van der Waals surface area contributed by atoms with E-state index in [0.717, 1.165) is 38.2 Å². The Hall–Kier alpha value is -3.79. The highest BCUT2D eigenvalue weighted by molar-refractivity contribution is 6.31. The third-order valence-electron chi connectivity index (χ3n) is 6.15. The molecule has 2 aromatic carbocycles. The summed E-state index contributed by atoms with van der Waals surface area (Å²) in [6, 6.07) is 9.58. The van der Waals surface area contributed by atoms with Gasteiger partial charge in [-0.05, 0) is 38.0 Å². The smallest absolute Gasteiger partial charge is 0.346 e. The van der Waals surface area contributed by atoms with Crippen LogP contribution in [0.2, 0.25) is 5.02 Å². The minimum atomic E-state index is -1.13. The van der Waals surface area contributed by atoms with Crippen LogP contribution >= 0.6 is 11.6 Å². The molecule has 0 bridgehead atoms. The van der Waals surface area contributed by atoms with E-state index in [4.69, 9.17) is 21.3 Å². The van der Waals surface area contributed by atoms with Gasteiger partial charge in [0, 0.05) is 22.6 Å². The first-order valence-electron chi connectivity index (χ1n) is 11.6. The fraction of sp³-hybridized carbons (Fsp3) is 0.360. The summed E-state index contributed by atoms with van der Waals surface area (Å²) in [6.07, 6.45) is 5.08. The first kappa shape index (κ1) is 25.3. The van der Waals surface area contributed by atoms with Crippen LogP contribution in [0.15, 0.2) is 46.3 Å². The highest BCUT2D eigenvalue weighted by Gasteiger charge is 2.26. The number of methoxy groups -OCH3 is 1. The number of carbonyl (C=O) groups excluding carboxylic acids is 1. The number of rotatable bonds is 7. The molecule has 1 fully saturated rings. The summed E-state index contributed by atoms with van der Waals surface area (Å²) in [6.45, 7) is 1.41. The molecule has 11 heteroatoms. The average molecular weight is 513 g/mol. The molecular weight excluding hydrogens is 488 g/mol. The van der Waals surface area contributed by atoms with Crippen molar-refractivity contribution in [3.05, 3.63) is 73.3 Å². The molecule has 4 rings (SSSR count). The highest BCUT2D eigenvalue weighted by atomic mass is 35.5. The molecule has 3 aromatic rings. The number of hydrogen-bond acceptors (Lipinski definition) is 8. The summed E-state index contributed by atoms with van der Waals surface area (Å²) in [5.41, 5.74) is -0.0843. The maximum absolute atomic E-state index is 13.4. The van der Waals surface area contributed by atoms with Gasteiger partial charge in [-0.15, -0.1) is 0 Å². The van der Waals surface area contributed by atoms with Crippen molar-refractivity contribution in [2.45, 2.75) is 51.0 Å². The lowest BCUT2D eigenvalue weighted by Crippen LogP contribution is -2.26. The van der Waals surface area contributed by atoms with E-state index in [1.807, 2.05) is 6.07 Å². The molecule has 0 unspecified atom stereocenters. The van der Waals surface area contributed by atoms with E-state index in [9.17, 15) is 19.7 Å². The Labute approximate surface area is 211 Å². The van der Waals surface area contributed by atoms with Gasteiger partial charge in [0.15, 0.2) is 6.10 Å². The van der Waals surface area contributed by atoms with Crippen LogP contribution in [0.25, 0.3) is 10.9 Å². The van der Waals surface area contributed by atoms with Crippen LogP contribution < -0.4 is 10.3 Å². The Kier molecular flexibility index (Phi) is 7.64. The molecule has 1 saturated carbocycles. The van der Waals surface area contributed by atoms with Gasteiger partial charge in [-0.25, -0.2) is 9.78 Å². The molecule has 1 aliphatic rings. The molecule has 0 saturated heterocycles. The van der Waals surface area contributed by atoms with Crippen molar-refractivity contribution >= 4 is 40.4 Å². The number of nitrogens with zero attached hydrogens (tertiary/aromatic N) is 4. The van der Waals surface area contributed by atoms with Crippen molar-refractivity contribution in [3.63, 3.8) is 0 Å². The maximum atomic E-state index is 13.4. The lowest BCUT2D eigenvalue weighted by Gasteiger charge is -2.22. The van der Waals surface area contributed by atoms with Crippen LogP contribution in [0.1, 0.15) is 56.3 Å². The van der Waals surface area contributed by atoms with Crippen LogP contribution in [-0.2, 0) is 9.53 Å². The average Bonchev–Trinajstić information content (AvgIpc) is 2.88. The zero-order valence-corrected chi connectivity index (χ0v) is 20.6. The highest BCUT2D eigenvalue weighted by Crippen LogP contribution is 2.35. The number of nitro groups is 1. The fourth-order valence-corrected chi connectivity index (χ4v) is 4.57. The first-order chi connectivity index (χ1) is 17.3. The quantitative estimate of drug-likeness (QED) is 0.192. The van der Waals surface area contributed by atoms with E-state index in [2.05, 4.69) is 9.84 Å². The number of fused-ring (bicyclic) bond motifs is 1. The molecule has 1 aromatic heterocycles. The lowest BCUT2D eigenvalue weighted by atomic mass is 9.88. The molecule has 188 valence electrons. The molecule has 1 aliphatic carbocycles. The van der Waals surface area contributed by atoms with Crippen molar-refractivity contribution in [1.82, 2.24) is 9.66 Å². The van der Waals surface area contributed by atoms with E-state index >= 15 is 0 Å². The van der Waals surface area contributed by atoms with E-state index in [-0.39, 0.29) is 27.8 Å². The van der Waals surface area contributed by atoms with Gasteiger partial charge in [0.25, 0.3) is 5.56 Å². The van der Waals surface area contributed by atoms with Crippen molar-refractivity contribution < 1.29 is 19.2 Å². The molecule has 1 heterocycles. The summed E-state index contributed by atoms with van der Waals surface area (Å²) in [7, 11) is 1.19. The SMILES string of the molecule is COC(=O)[C@H](C)Oc1c(C=Nn2c(C3CCCCC3)nc3ccccc3c2=O)cc(Cl)cc1[N+](=O)[O-]. The van der Waals surface area contributed by atoms with E-state index < -0.39 is 22.7 Å². The van der Waals surface area contributed by atoms with Crippen molar-refractivity contribution in [2.24, 2.45) is 5.10 Å². The predicted octanol–water partition coefficient (Wildman–Crippen LogP) is 4.83. The molecule has 36 heavy (non-hydrogen) atoms. The van der Waals surface area contributed by atoms with Gasteiger partial charge in [0.05, 0.1) is 29.2 Å². The molecule has 0 spiro atoms. The minimum Gasteiger partial charge on any atom is -0.471 e. The van der Waals surface area contributed by atoms with Crippen LogP contribution in [0.5, 0.6) is 5.75 Å². The Balaban J connectivity index is 1.86. The van der Waals surface area contributed by atoms with Gasteiger partial charge in [-0.1, -0.05) is 43.0 Å². The number of carbonyl (C=O) groups is 1. The van der Waals surface area contributed by atoms with Crippen molar-refractivity contribution in [2.75, 3.05) is 7.11 Å². The molecule has 0 radical (unpaired) electrons. The van der Waals surface area contributed by atoms with Crippen LogP contribution in [0.4, 0.5) is 5.69 Å². The second-order valence-corrected chi connectivity index (χ2v) is 9.00. The third-order valence-corrected chi connectivity index (χ3v) is 6.37. The van der Waals surface area contributed by atoms with Gasteiger partial charge in [0.1, 0.15) is 5.82 Å². The molecule has 0 aliphatic heterocycles. The zero-order valence-electron chi connectivity index (χ0n) is 19.8. The van der Waals surface area contributed by atoms with Gasteiger partial charge in [-0.2, -0.15) is 9.78 Å². The second-order valence-electron chi connectivity index (χ2n) is 8.57. The minimum absolute atomic E-state index is 0.0528. The Morgan fingerprint density at radius 1 is 1.28 bits per heavy atom. The van der Waals surface area contributed by atoms with E-state index in [0.29, 0.717) is 16.7 Å². The number of esters is 1. The molecule has 0 N–H and O–H groups in total. The number of benzene rings is 2. The number of aromatic nitrogens is 2. The Bertz CT molecular complexity index is 1400. The van der Waals surface area contributed by atoms with E-state index in [1.54, 1.807) is 18.2 Å². The summed E-state index contributed by atoms with van der Waals surface area (Å²) in [5.74, 6) is -0.336.